The summed E-state index contributed by atoms with van der Waals surface area (Å²) in [5.41, 5.74) is 21.3. The fourth-order valence-corrected chi connectivity index (χ4v) is 3.07. The number of nitrogens with zero attached hydrogens (tertiary/aromatic N) is 1. The molecule has 0 saturated carbocycles. The van der Waals surface area contributed by atoms with Crippen LogP contribution in [-0.4, -0.2) is 89.0 Å². The Hall–Kier alpha value is -3.72. The Bertz CT molecular complexity index is 857. The first-order valence-corrected chi connectivity index (χ1v) is 11.3. The van der Waals surface area contributed by atoms with Crippen LogP contribution in [0.5, 0.6) is 0 Å². The number of carbonyl (C=O) groups excluding carboxylic acids is 4. The van der Waals surface area contributed by atoms with Crippen molar-refractivity contribution >= 4 is 35.6 Å². The first-order chi connectivity index (χ1) is 16.8. The average Bonchev–Trinajstić information content (AvgIpc) is 2.81. The molecule has 4 amide bonds. The second-order valence-corrected chi connectivity index (χ2v) is 8.17. The zero-order chi connectivity index (χ0) is 28.0. The van der Waals surface area contributed by atoms with Crippen molar-refractivity contribution in [3.8, 4) is 0 Å². The molecule has 0 rings (SSSR count). The van der Waals surface area contributed by atoms with Gasteiger partial charge in [0.05, 0.1) is 19.1 Å². The van der Waals surface area contributed by atoms with Crippen LogP contribution in [0.1, 0.15) is 39.5 Å². The fourth-order valence-electron chi connectivity index (χ4n) is 3.07. The first kappa shape index (κ1) is 32.3. The van der Waals surface area contributed by atoms with E-state index in [2.05, 4.69) is 15.6 Å². The zero-order valence-electron chi connectivity index (χ0n) is 20.8. The van der Waals surface area contributed by atoms with Crippen LogP contribution in [0.4, 0.5) is 0 Å². The van der Waals surface area contributed by atoms with Crippen molar-refractivity contribution in [2.75, 3.05) is 20.2 Å². The van der Waals surface area contributed by atoms with Crippen LogP contribution in [0, 0.1) is 5.92 Å². The van der Waals surface area contributed by atoms with Gasteiger partial charge in [-0.05, 0) is 26.2 Å². The Morgan fingerprint density at radius 3 is 2.17 bits per heavy atom. The summed E-state index contributed by atoms with van der Waals surface area (Å²) in [6.45, 7) is 2.75. The molecule has 0 heterocycles. The number of amides is 4. The Morgan fingerprint density at radius 2 is 1.69 bits per heavy atom. The molecule has 0 unspecified atom stereocenters. The van der Waals surface area contributed by atoms with Gasteiger partial charge in [-0.15, -0.1) is 0 Å². The van der Waals surface area contributed by atoms with Gasteiger partial charge in [0.15, 0.2) is 0 Å². The number of hydrogen-bond acceptors (Lipinski definition) is 7. The monoisotopic (exact) mass is 515 g/mol. The predicted octanol–water partition coefficient (Wildman–Crippen LogP) is -5.24. The van der Waals surface area contributed by atoms with Gasteiger partial charge in [-0.25, -0.2) is 4.79 Å². The molecule has 13 N–H and O–H groups in total. The number of aliphatic hydroxyl groups is 1. The number of likely N-dealkylation sites (N-methyl/N-ethyl adjacent to an activating group) is 1. The Labute approximate surface area is 209 Å². The Balaban J connectivity index is 5.33. The SMILES string of the molecule is C/C=C(/C(=O)N[C@@H](C(=O)O)[C@H](C)C(=O)N[C@@H](CCC[NH+]=C(N)N)C(N)=O)N(C)C(=O)CC[C@@H](N)CO. The molecule has 0 aliphatic rings. The van der Waals surface area contributed by atoms with Gasteiger partial charge in [0.1, 0.15) is 17.8 Å². The van der Waals surface area contributed by atoms with E-state index in [0.717, 1.165) is 4.90 Å². The van der Waals surface area contributed by atoms with E-state index in [1.165, 1.54) is 27.0 Å². The van der Waals surface area contributed by atoms with Gasteiger partial charge < -0.3 is 37.2 Å². The number of nitrogens with two attached hydrogens (primary N) is 4. The molecule has 0 aromatic heterocycles. The molecule has 0 aromatic rings. The molecule has 4 atom stereocenters. The van der Waals surface area contributed by atoms with Gasteiger partial charge in [-0.3, -0.25) is 35.6 Å². The minimum absolute atomic E-state index is 0.00935. The molecule has 204 valence electrons. The molecular weight excluding hydrogens is 476 g/mol. The molecule has 15 heteroatoms. The number of guanidine groups is 1. The van der Waals surface area contributed by atoms with Gasteiger partial charge in [0, 0.05) is 19.5 Å². The molecule has 0 aliphatic carbocycles. The average molecular weight is 516 g/mol. The largest absolute Gasteiger partial charge is 0.480 e. The van der Waals surface area contributed by atoms with E-state index in [-0.39, 0.29) is 37.5 Å². The van der Waals surface area contributed by atoms with Crippen LogP contribution < -0.4 is 38.6 Å². The number of carbonyl (C=O) groups is 5. The van der Waals surface area contributed by atoms with E-state index >= 15 is 0 Å². The van der Waals surface area contributed by atoms with Crippen LogP contribution in [-0.2, 0) is 24.0 Å². The maximum atomic E-state index is 12.8. The van der Waals surface area contributed by atoms with E-state index in [4.69, 9.17) is 28.0 Å². The van der Waals surface area contributed by atoms with Crippen LogP contribution in [0.25, 0.3) is 0 Å². The molecule has 0 spiro atoms. The lowest BCUT2D eigenvalue weighted by Crippen LogP contribution is -2.78. The maximum absolute atomic E-state index is 12.8. The van der Waals surface area contributed by atoms with Crippen molar-refractivity contribution in [2.45, 2.75) is 57.7 Å². The third-order valence-corrected chi connectivity index (χ3v) is 5.33. The van der Waals surface area contributed by atoms with E-state index in [0.29, 0.717) is 13.0 Å². The summed E-state index contributed by atoms with van der Waals surface area (Å²) in [6, 6.07) is -3.37. The van der Waals surface area contributed by atoms with Gasteiger partial charge in [0.2, 0.25) is 17.7 Å². The third kappa shape index (κ3) is 11.1. The second-order valence-electron chi connectivity index (χ2n) is 8.17. The summed E-state index contributed by atoms with van der Waals surface area (Å²) in [7, 11) is 1.33. The predicted molar refractivity (Wildman–Crippen MR) is 129 cm³/mol. The Morgan fingerprint density at radius 1 is 1.08 bits per heavy atom. The number of allylic oxidation sites excluding steroid dienone is 1. The number of aliphatic hydroxyl groups excluding tert-OH is 1. The molecule has 0 saturated heterocycles. The van der Waals surface area contributed by atoms with E-state index in [1.54, 1.807) is 0 Å². The van der Waals surface area contributed by atoms with Crippen molar-refractivity contribution in [1.29, 1.82) is 0 Å². The first-order valence-electron chi connectivity index (χ1n) is 11.3. The maximum Gasteiger partial charge on any atom is 0.338 e. The third-order valence-electron chi connectivity index (χ3n) is 5.33. The van der Waals surface area contributed by atoms with E-state index in [1.807, 2.05) is 0 Å². The fraction of sp³-hybridized carbons (Fsp3) is 0.619. The summed E-state index contributed by atoms with van der Waals surface area (Å²) in [4.78, 5) is 65.1. The topological polar surface area (TPSA) is 271 Å². The molecule has 15 nitrogen and oxygen atoms in total. The van der Waals surface area contributed by atoms with Crippen molar-refractivity contribution in [3.05, 3.63) is 11.8 Å². The van der Waals surface area contributed by atoms with Crippen molar-refractivity contribution in [2.24, 2.45) is 28.9 Å². The number of rotatable bonds is 16. The smallest absolute Gasteiger partial charge is 0.338 e. The zero-order valence-corrected chi connectivity index (χ0v) is 20.8. The highest BCUT2D eigenvalue weighted by atomic mass is 16.4. The summed E-state index contributed by atoms with van der Waals surface area (Å²) < 4.78 is 0. The quantitative estimate of drug-likeness (QED) is 0.0407. The number of carboxylic acid groups (broad SMARTS) is 1. The second kappa shape index (κ2) is 16.0. The highest BCUT2D eigenvalue weighted by Crippen LogP contribution is 2.11. The van der Waals surface area contributed by atoms with Crippen molar-refractivity contribution in [1.82, 2.24) is 15.5 Å². The molecule has 0 aliphatic heterocycles. The lowest BCUT2D eigenvalue weighted by atomic mass is 9.99. The standard InChI is InChI=1S/C21H38N8O7/c1-4-14(29(3)15(31)8-7-12(22)10-30)19(34)28-16(20(35)36)11(2)18(33)27-13(17(23)32)6-5-9-26-21(24)25/h4,11-13,16,30H,5-10,22H2,1-3H3,(H2,23,32)(H,27,33)(H,28,34)(H,35,36)(H4,24,25,26)/p+1/b14-4-/t11-,12+,13-,16+/m0/s1. The lowest BCUT2D eigenvalue weighted by molar-refractivity contribution is -0.459. The van der Waals surface area contributed by atoms with Gasteiger partial charge >= 0.3 is 11.9 Å². The molecule has 0 bridgehead atoms. The highest BCUT2D eigenvalue weighted by molar-refractivity contribution is 6.00. The van der Waals surface area contributed by atoms with E-state index in [9.17, 15) is 29.1 Å². The van der Waals surface area contributed by atoms with Crippen molar-refractivity contribution in [3.63, 3.8) is 0 Å². The van der Waals surface area contributed by atoms with Gasteiger partial charge in [0.25, 0.3) is 5.91 Å². The summed E-state index contributed by atoms with van der Waals surface area (Å²) in [5.74, 6) is -5.85. The minimum atomic E-state index is -1.68. The van der Waals surface area contributed by atoms with Crippen LogP contribution in [0.3, 0.4) is 0 Å². The summed E-state index contributed by atoms with van der Waals surface area (Å²) >= 11 is 0. The number of nitrogens with one attached hydrogen (secondary N) is 3. The molecule has 0 fully saturated rings. The summed E-state index contributed by atoms with van der Waals surface area (Å²) in [5, 5.41) is 23.2. The minimum Gasteiger partial charge on any atom is -0.480 e. The Kier molecular flexibility index (Phi) is 14.4. The van der Waals surface area contributed by atoms with Crippen LogP contribution in [0.15, 0.2) is 11.8 Å². The lowest BCUT2D eigenvalue weighted by Gasteiger charge is -2.26. The van der Waals surface area contributed by atoms with Crippen LogP contribution >= 0.6 is 0 Å². The van der Waals surface area contributed by atoms with Gasteiger partial charge in [-0.2, -0.15) is 0 Å². The number of hydrogen-bond donors (Lipinski definition) is 9. The normalized spacial score (nSPS) is 14.5. The van der Waals surface area contributed by atoms with Gasteiger partial charge in [-0.1, -0.05) is 13.0 Å². The number of primary amides is 1. The number of aliphatic carboxylic acids is 1. The summed E-state index contributed by atoms with van der Waals surface area (Å²) in [6.07, 6.45) is 1.94. The highest BCUT2D eigenvalue weighted by Gasteiger charge is 2.34. The molecule has 36 heavy (non-hydrogen) atoms. The molecule has 0 radical (unpaired) electrons. The number of carboxylic acids is 1. The molecular formula is C21H39N8O7+. The van der Waals surface area contributed by atoms with E-state index < -0.39 is 53.6 Å². The molecule has 0 aromatic carbocycles. The van der Waals surface area contributed by atoms with Crippen LogP contribution in [0.2, 0.25) is 0 Å². The van der Waals surface area contributed by atoms with Crippen molar-refractivity contribution < 1.29 is 39.2 Å².